The number of nitrogens with zero attached hydrogens (tertiary/aromatic N) is 2. The number of anilines is 1. The molecule has 2 unspecified atom stereocenters. The SMILES string of the molecule is CC(CCS(C)=O)Nc1cc(C(=O)O)c([N+](=O)[O-])cn1. The quantitative estimate of drug-likeness (QED) is 0.574. The fourth-order valence-corrected chi connectivity index (χ4v) is 2.20. The molecule has 0 bridgehead atoms. The highest BCUT2D eigenvalue weighted by Crippen LogP contribution is 2.20. The van der Waals surface area contributed by atoms with Gasteiger partial charge in [-0.1, -0.05) is 0 Å². The predicted molar refractivity (Wildman–Crippen MR) is 74.5 cm³/mol. The zero-order chi connectivity index (χ0) is 15.3. The molecule has 0 spiro atoms. The first kappa shape index (κ1) is 16.0. The second-order valence-corrected chi connectivity index (χ2v) is 5.81. The minimum Gasteiger partial charge on any atom is -0.477 e. The van der Waals surface area contributed by atoms with Crippen LogP contribution >= 0.6 is 0 Å². The molecular weight excluding hydrogens is 286 g/mol. The minimum atomic E-state index is -1.38. The number of pyridine rings is 1. The average Bonchev–Trinajstić information content (AvgIpc) is 2.35. The van der Waals surface area contributed by atoms with E-state index in [2.05, 4.69) is 10.3 Å². The van der Waals surface area contributed by atoms with E-state index >= 15 is 0 Å². The molecule has 0 aromatic carbocycles. The highest BCUT2D eigenvalue weighted by atomic mass is 32.2. The lowest BCUT2D eigenvalue weighted by Gasteiger charge is -2.13. The van der Waals surface area contributed by atoms with Crippen molar-refractivity contribution >= 4 is 28.3 Å². The van der Waals surface area contributed by atoms with E-state index in [-0.39, 0.29) is 11.9 Å². The number of aromatic nitrogens is 1. The van der Waals surface area contributed by atoms with Gasteiger partial charge in [-0.2, -0.15) is 0 Å². The van der Waals surface area contributed by atoms with Crippen molar-refractivity contribution in [2.24, 2.45) is 0 Å². The lowest BCUT2D eigenvalue weighted by Crippen LogP contribution is -2.19. The molecular formula is C11H15N3O5S. The van der Waals surface area contributed by atoms with Gasteiger partial charge in [-0.05, 0) is 13.3 Å². The first-order valence-electron chi connectivity index (χ1n) is 5.75. The fourth-order valence-electron chi connectivity index (χ4n) is 1.51. The van der Waals surface area contributed by atoms with Crippen molar-refractivity contribution in [3.8, 4) is 0 Å². The average molecular weight is 301 g/mol. The highest BCUT2D eigenvalue weighted by Gasteiger charge is 2.21. The van der Waals surface area contributed by atoms with E-state index < -0.39 is 32.9 Å². The van der Waals surface area contributed by atoms with Crippen molar-refractivity contribution < 1.29 is 19.0 Å². The Morgan fingerprint density at radius 3 is 2.80 bits per heavy atom. The molecule has 20 heavy (non-hydrogen) atoms. The zero-order valence-corrected chi connectivity index (χ0v) is 11.8. The zero-order valence-electron chi connectivity index (χ0n) is 11.0. The summed E-state index contributed by atoms with van der Waals surface area (Å²) in [4.78, 5) is 24.7. The second-order valence-electron chi connectivity index (χ2n) is 4.26. The first-order valence-corrected chi connectivity index (χ1v) is 7.48. The van der Waals surface area contributed by atoms with Gasteiger partial charge in [0.25, 0.3) is 0 Å². The maximum absolute atomic E-state index is 11.0. The molecule has 0 aliphatic rings. The summed E-state index contributed by atoms with van der Waals surface area (Å²) < 4.78 is 11.0. The first-order chi connectivity index (χ1) is 9.31. The smallest absolute Gasteiger partial charge is 0.342 e. The minimum absolute atomic E-state index is 0.0745. The van der Waals surface area contributed by atoms with E-state index in [1.54, 1.807) is 6.26 Å². The number of nitrogens with one attached hydrogen (secondary N) is 1. The van der Waals surface area contributed by atoms with E-state index in [4.69, 9.17) is 5.11 Å². The number of hydrogen-bond acceptors (Lipinski definition) is 6. The normalized spacial score (nSPS) is 13.5. The van der Waals surface area contributed by atoms with Crippen LogP contribution < -0.4 is 5.32 Å². The summed E-state index contributed by atoms with van der Waals surface area (Å²) in [6.45, 7) is 1.83. The van der Waals surface area contributed by atoms with Gasteiger partial charge in [0.15, 0.2) is 0 Å². The Hall–Kier alpha value is -2.03. The molecule has 1 rings (SSSR count). The number of aromatic carboxylic acids is 1. The number of nitro groups is 1. The third-order valence-electron chi connectivity index (χ3n) is 2.54. The van der Waals surface area contributed by atoms with Crippen LogP contribution in [0.15, 0.2) is 12.3 Å². The number of carboxylic acids is 1. The molecule has 0 saturated heterocycles. The summed E-state index contributed by atoms with van der Waals surface area (Å²) in [7, 11) is -0.910. The lowest BCUT2D eigenvalue weighted by molar-refractivity contribution is -0.385. The van der Waals surface area contributed by atoms with Crippen LogP contribution in [-0.4, -0.2) is 43.2 Å². The molecule has 1 heterocycles. The van der Waals surface area contributed by atoms with Gasteiger partial charge >= 0.3 is 11.7 Å². The molecule has 9 heteroatoms. The molecule has 0 radical (unpaired) electrons. The summed E-state index contributed by atoms with van der Waals surface area (Å²) in [5.41, 5.74) is -0.968. The van der Waals surface area contributed by atoms with Gasteiger partial charge < -0.3 is 10.4 Å². The molecule has 0 fully saturated rings. The molecule has 0 aliphatic heterocycles. The largest absolute Gasteiger partial charge is 0.477 e. The Labute approximate surface area is 117 Å². The van der Waals surface area contributed by atoms with Gasteiger partial charge in [-0.25, -0.2) is 9.78 Å². The van der Waals surface area contributed by atoms with Crippen LogP contribution in [0.5, 0.6) is 0 Å². The third kappa shape index (κ3) is 4.57. The Bertz CT molecular complexity index is 549. The summed E-state index contributed by atoms with van der Waals surface area (Å²) in [6.07, 6.45) is 3.13. The Morgan fingerprint density at radius 1 is 1.65 bits per heavy atom. The molecule has 2 N–H and O–H groups in total. The van der Waals surface area contributed by atoms with Crippen LogP contribution in [0.3, 0.4) is 0 Å². The topological polar surface area (TPSA) is 122 Å². The molecule has 2 atom stereocenters. The summed E-state index contributed by atoms with van der Waals surface area (Å²) in [5.74, 6) is -0.640. The van der Waals surface area contributed by atoms with Crippen LogP contribution in [-0.2, 0) is 10.8 Å². The van der Waals surface area contributed by atoms with Crippen molar-refractivity contribution in [1.29, 1.82) is 0 Å². The summed E-state index contributed by atoms with van der Waals surface area (Å²) in [6, 6.07) is 1.05. The Kier molecular flexibility index (Phi) is 5.56. The lowest BCUT2D eigenvalue weighted by atomic mass is 10.2. The number of hydrogen-bond donors (Lipinski definition) is 2. The molecule has 0 amide bonds. The van der Waals surface area contributed by atoms with Gasteiger partial charge in [0, 0.05) is 34.9 Å². The van der Waals surface area contributed by atoms with Crippen LogP contribution in [0, 0.1) is 10.1 Å². The van der Waals surface area contributed by atoms with Crippen LogP contribution in [0.4, 0.5) is 11.5 Å². The second kappa shape index (κ2) is 6.94. The molecule has 1 aromatic heterocycles. The van der Waals surface area contributed by atoms with Gasteiger partial charge in [0.1, 0.15) is 17.6 Å². The van der Waals surface area contributed by atoms with E-state index in [0.717, 1.165) is 12.3 Å². The predicted octanol–water partition coefficient (Wildman–Crippen LogP) is 1.26. The maximum Gasteiger partial charge on any atom is 0.342 e. The Balaban J connectivity index is 2.87. The third-order valence-corrected chi connectivity index (χ3v) is 3.35. The van der Waals surface area contributed by atoms with E-state index in [0.29, 0.717) is 12.2 Å². The van der Waals surface area contributed by atoms with E-state index in [1.807, 2.05) is 6.92 Å². The van der Waals surface area contributed by atoms with Crippen molar-refractivity contribution in [2.45, 2.75) is 19.4 Å². The molecule has 8 nitrogen and oxygen atoms in total. The van der Waals surface area contributed by atoms with Crippen molar-refractivity contribution in [1.82, 2.24) is 4.98 Å². The van der Waals surface area contributed by atoms with E-state index in [9.17, 15) is 19.1 Å². The van der Waals surface area contributed by atoms with Crippen LogP contribution in [0.25, 0.3) is 0 Å². The molecule has 110 valence electrons. The summed E-state index contributed by atoms with van der Waals surface area (Å²) >= 11 is 0. The van der Waals surface area contributed by atoms with Crippen molar-refractivity contribution in [3.05, 3.63) is 27.9 Å². The number of carbonyl (C=O) groups is 1. The number of rotatable bonds is 7. The van der Waals surface area contributed by atoms with Gasteiger partial charge in [-0.3, -0.25) is 14.3 Å². The van der Waals surface area contributed by atoms with Crippen molar-refractivity contribution in [2.75, 3.05) is 17.3 Å². The summed E-state index contributed by atoms with van der Waals surface area (Å²) in [5, 5.41) is 22.6. The van der Waals surface area contributed by atoms with Gasteiger partial charge in [0.2, 0.25) is 0 Å². The molecule has 0 saturated carbocycles. The molecule has 0 aliphatic carbocycles. The fraction of sp³-hybridized carbons (Fsp3) is 0.455. The van der Waals surface area contributed by atoms with E-state index in [1.165, 1.54) is 0 Å². The van der Waals surface area contributed by atoms with Gasteiger partial charge in [-0.15, -0.1) is 0 Å². The van der Waals surface area contributed by atoms with Gasteiger partial charge in [0.05, 0.1) is 4.92 Å². The molecule has 1 aromatic rings. The highest BCUT2D eigenvalue weighted by molar-refractivity contribution is 7.84. The maximum atomic E-state index is 11.0. The standard InChI is InChI=1S/C11H15N3O5S/c1-7(3-4-20(2)19)13-10-5-8(11(15)16)9(6-12-10)14(17)18/h5-7H,3-4H2,1-2H3,(H,12,13)(H,15,16). The monoisotopic (exact) mass is 301 g/mol. The van der Waals surface area contributed by atoms with Crippen LogP contribution in [0.2, 0.25) is 0 Å². The van der Waals surface area contributed by atoms with Crippen LogP contribution in [0.1, 0.15) is 23.7 Å². The Morgan fingerprint density at radius 2 is 2.30 bits per heavy atom. The number of carboxylic acid groups (broad SMARTS) is 1. The van der Waals surface area contributed by atoms with Crippen molar-refractivity contribution in [3.63, 3.8) is 0 Å².